The van der Waals surface area contributed by atoms with Gasteiger partial charge in [0.25, 0.3) is 0 Å². The van der Waals surface area contributed by atoms with Crippen molar-refractivity contribution in [2.75, 3.05) is 0 Å². The monoisotopic (exact) mass is 113 g/mol. The Morgan fingerprint density at radius 1 is 2.00 bits per heavy atom. The number of hydrogen-bond donors (Lipinski definition) is 2. The van der Waals surface area contributed by atoms with Crippen LogP contribution in [0, 0.1) is 0 Å². The molecule has 1 atom stereocenters. The van der Waals surface area contributed by atoms with Gasteiger partial charge in [-0.15, -0.1) is 0 Å². The molecule has 0 aliphatic carbocycles. The van der Waals surface area contributed by atoms with Crippen LogP contribution in [0.1, 0.15) is 0 Å². The summed E-state index contributed by atoms with van der Waals surface area (Å²) in [6.07, 6.45) is 0. The topological polar surface area (TPSA) is 52.3 Å². The largest absolute Gasteiger partial charge is 0.230 e. The van der Waals surface area contributed by atoms with E-state index in [2.05, 4.69) is 21.4 Å². The summed E-state index contributed by atoms with van der Waals surface area (Å²) in [4.78, 5) is 0. The summed E-state index contributed by atoms with van der Waals surface area (Å²) in [6.45, 7) is 0. The van der Waals surface area contributed by atoms with E-state index in [1.165, 1.54) is 0 Å². The minimum Gasteiger partial charge on any atom is -0.230 e. The van der Waals surface area contributed by atoms with Gasteiger partial charge in [-0.1, -0.05) is 0 Å². The third-order valence-corrected chi connectivity index (χ3v) is 0.516. The second kappa shape index (κ2) is 2.52. The minimum atomic E-state index is -1.99. The summed E-state index contributed by atoms with van der Waals surface area (Å²) >= 11 is 3.94. The molecule has 1 unspecified atom stereocenters. The highest BCUT2D eigenvalue weighted by molar-refractivity contribution is 8.19. The van der Waals surface area contributed by atoms with Crippen LogP contribution in [-0.4, -0.2) is 4.21 Å². The molecule has 0 saturated carbocycles. The van der Waals surface area contributed by atoms with Crippen LogP contribution in [0.2, 0.25) is 0 Å². The zero-order valence-electron chi connectivity index (χ0n) is 2.25. The van der Waals surface area contributed by atoms with Crippen LogP contribution in [0.5, 0.6) is 0 Å². The van der Waals surface area contributed by atoms with Gasteiger partial charge in [0.05, 0.1) is 0 Å². The Bertz CT molecular complexity index is 65.7. The van der Waals surface area contributed by atoms with Gasteiger partial charge in [0.2, 0.25) is 0 Å². The van der Waals surface area contributed by atoms with Crippen molar-refractivity contribution >= 4 is 20.8 Å². The molecule has 0 amide bonds. The molecule has 2 N–H and O–H groups in total. The highest BCUT2D eigenvalue weighted by atomic mass is 32.8. The van der Waals surface area contributed by atoms with E-state index >= 15 is 0 Å². The van der Waals surface area contributed by atoms with Crippen LogP contribution in [0.15, 0.2) is 0 Å². The van der Waals surface area contributed by atoms with Crippen molar-refractivity contribution in [2.45, 2.75) is 0 Å². The average Bonchev–Trinajstić information content (AvgIpc) is 1.38. The summed E-state index contributed by atoms with van der Waals surface area (Å²) in [7, 11) is -1.99. The van der Waals surface area contributed by atoms with Gasteiger partial charge in [0.1, 0.15) is 9.64 Å². The summed E-state index contributed by atoms with van der Waals surface area (Å²) in [6, 6.07) is 0. The molecule has 0 bridgehead atoms. The van der Waals surface area contributed by atoms with Crippen LogP contribution >= 0.6 is 0 Å². The van der Waals surface area contributed by atoms with Crippen LogP contribution < -0.4 is 5.90 Å². The molecule has 0 aliphatic heterocycles. The normalized spacial score (nSPS) is 14.6. The molecular formula is H3NO2S2. The maximum absolute atomic E-state index is 9.43. The first-order chi connectivity index (χ1) is 2.27. The molecule has 0 fully saturated rings. The maximum Gasteiger partial charge on any atom is 0.149 e. The van der Waals surface area contributed by atoms with E-state index in [1.807, 2.05) is 0 Å². The second-order valence-electron chi connectivity index (χ2n) is 0.329. The van der Waals surface area contributed by atoms with Gasteiger partial charge in [-0.25, -0.2) is 8.49 Å². The Morgan fingerprint density at radius 2 is 2.20 bits per heavy atom. The Morgan fingerprint density at radius 3 is 2.20 bits per heavy atom. The standard InChI is InChI=1S/H3NO2S2/c1-3-5(2)4/h5H,1H2. The van der Waals surface area contributed by atoms with Crippen LogP contribution in [-0.2, 0) is 25.1 Å². The Balaban J connectivity index is 3.23. The SMILES string of the molecule is NO[SH](=O)=S. The molecule has 0 saturated heterocycles. The molecule has 0 spiro atoms. The van der Waals surface area contributed by atoms with Gasteiger partial charge in [0.15, 0.2) is 0 Å². The van der Waals surface area contributed by atoms with Gasteiger partial charge in [-0.2, -0.15) is 5.90 Å². The van der Waals surface area contributed by atoms with Gasteiger partial charge in [-0.05, 0) is 0 Å². The van der Waals surface area contributed by atoms with Crippen LogP contribution in [0.25, 0.3) is 0 Å². The highest BCUT2D eigenvalue weighted by Gasteiger charge is 1.57. The molecule has 0 aromatic carbocycles. The lowest BCUT2D eigenvalue weighted by Gasteiger charge is -1.70. The first-order valence-corrected chi connectivity index (χ1v) is 2.97. The molecule has 0 radical (unpaired) electrons. The molecule has 32 valence electrons. The zero-order chi connectivity index (χ0) is 4.28. The van der Waals surface area contributed by atoms with Gasteiger partial charge >= 0.3 is 0 Å². The molecule has 0 heterocycles. The van der Waals surface area contributed by atoms with E-state index in [0.29, 0.717) is 0 Å². The lowest BCUT2D eigenvalue weighted by molar-refractivity contribution is 0.378. The van der Waals surface area contributed by atoms with Crippen molar-refractivity contribution in [1.29, 1.82) is 0 Å². The molecule has 0 aromatic heterocycles. The first kappa shape index (κ1) is 5.29. The highest BCUT2D eigenvalue weighted by Crippen LogP contribution is 1.48. The third kappa shape index (κ3) is 4.29. The first-order valence-electron chi connectivity index (χ1n) is 0.783. The average molecular weight is 113 g/mol. The molecule has 0 aromatic rings. The fourth-order valence-corrected chi connectivity index (χ4v) is 0. The summed E-state index contributed by atoms with van der Waals surface area (Å²) in [5.41, 5.74) is 0. The summed E-state index contributed by atoms with van der Waals surface area (Å²) in [5, 5.41) is 0. The van der Waals surface area contributed by atoms with Crippen molar-refractivity contribution < 1.29 is 8.49 Å². The van der Waals surface area contributed by atoms with E-state index in [4.69, 9.17) is 0 Å². The van der Waals surface area contributed by atoms with E-state index in [9.17, 15) is 4.21 Å². The van der Waals surface area contributed by atoms with Crippen LogP contribution in [0.4, 0.5) is 0 Å². The Kier molecular flexibility index (Phi) is 2.67. The van der Waals surface area contributed by atoms with Crippen molar-refractivity contribution in [1.82, 2.24) is 0 Å². The molecule has 0 aliphatic rings. The van der Waals surface area contributed by atoms with Crippen molar-refractivity contribution in [2.24, 2.45) is 5.90 Å². The molecule has 5 heavy (non-hydrogen) atoms. The molecular weight excluding hydrogens is 110 g/mol. The van der Waals surface area contributed by atoms with Crippen LogP contribution in [0.3, 0.4) is 0 Å². The fraction of sp³-hybridized carbons (Fsp3) is 0. The molecule has 0 rings (SSSR count). The van der Waals surface area contributed by atoms with Crippen molar-refractivity contribution in [3.63, 3.8) is 0 Å². The third-order valence-electron chi connectivity index (χ3n) is 0.0861. The van der Waals surface area contributed by atoms with Gasteiger partial charge in [-0.3, -0.25) is 0 Å². The van der Waals surface area contributed by atoms with Crippen molar-refractivity contribution in [3.05, 3.63) is 0 Å². The second-order valence-corrected chi connectivity index (χ2v) is 1.88. The molecule has 3 nitrogen and oxygen atoms in total. The van der Waals surface area contributed by atoms with Crippen molar-refractivity contribution in [3.8, 4) is 0 Å². The Labute approximate surface area is 36.0 Å². The predicted octanol–water partition coefficient (Wildman–Crippen LogP) is -1.27. The number of hydrogen-bond acceptors (Lipinski definition) is 4. The summed E-state index contributed by atoms with van der Waals surface area (Å²) in [5.74, 6) is 4.28. The summed E-state index contributed by atoms with van der Waals surface area (Å²) < 4.78 is 13.0. The Hall–Kier alpha value is 0.290. The number of nitrogens with two attached hydrogens (primary N) is 1. The molecule has 5 heteroatoms. The zero-order valence-corrected chi connectivity index (χ0v) is 3.96. The van der Waals surface area contributed by atoms with E-state index in [0.717, 1.165) is 0 Å². The van der Waals surface area contributed by atoms with Gasteiger partial charge < -0.3 is 0 Å². The lowest BCUT2D eigenvalue weighted by atomic mass is 13.6. The quantitative estimate of drug-likeness (QED) is 0.329. The lowest BCUT2D eigenvalue weighted by Crippen LogP contribution is -1.92. The minimum absolute atomic E-state index is 1.99. The maximum atomic E-state index is 9.43. The van der Waals surface area contributed by atoms with E-state index in [1.54, 1.807) is 0 Å². The smallest absolute Gasteiger partial charge is 0.149 e. The van der Waals surface area contributed by atoms with Gasteiger partial charge in [0, 0.05) is 11.2 Å². The fourth-order valence-electron chi connectivity index (χ4n) is 0. The van der Waals surface area contributed by atoms with E-state index < -0.39 is 9.64 Å². The number of thiol groups is 1. The number of rotatable bonds is 1. The van der Waals surface area contributed by atoms with E-state index in [-0.39, 0.29) is 0 Å². The predicted molar refractivity (Wildman–Crippen MR) is 22.2 cm³/mol.